The van der Waals surface area contributed by atoms with Crippen LogP contribution in [-0.4, -0.2) is 70.2 Å². The fourth-order valence-corrected chi connectivity index (χ4v) is 1.62. The average Bonchev–Trinajstić information content (AvgIpc) is 2.43. The van der Waals surface area contributed by atoms with Crippen LogP contribution in [0.25, 0.3) is 0 Å². The summed E-state index contributed by atoms with van der Waals surface area (Å²) in [6, 6.07) is 0. The molecule has 0 amide bonds. The van der Waals surface area contributed by atoms with Gasteiger partial charge in [-0.2, -0.15) is 0 Å². The Morgan fingerprint density at radius 3 is 1.62 bits per heavy atom. The minimum absolute atomic E-state index is 0. The summed E-state index contributed by atoms with van der Waals surface area (Å²) in [5.74, 6) is 0. The van der Waals surface area contributed by atoms with Crippen molar-refractivity contribution in [3.05, 3.63) is 7.11 Å². The van der Waals surface area contributed by atoms with Crippen LogP contribution in [0.4, 0.5) is 0 Å². The second-order valence-corrected chi connectivity index (χ2v) is 5.82. The Labute approximate surface area is 122 Å². The van der Waals surface area contributed by atoms with E-state index >= 15 is 0 Å². The van der Waals surface area contributed by atoms with Crippen molar-refractivity contribution < 1.29 is 29.2 Å². The molecule has 0 aromatic heterocycles. The Balaban J connectivity index is 0. The van der Waals surface area contributed by atoms with E-state index in [0.29, 0.717) is 39.6 Å². The summed E-state index contributed by atoms with van der Waals surface area (Å²) >= 11 is 0. The molecular weight excluding hydrogens is 531 g/mol. The van der Waals surface area contributed by atoms with E-state index in [-0.39, 0.29) is 13.2 Å². The van der Waals surface area contributed by atoms with Crippen LogP contribution in [0, 0.1) is 17.9 Å². The van der Waals surface area contributed by atoms with Gasteiger partial charge in [0.15, 0.2) is 0 Å². The summed E-state index contributed by atoms with van der Waals surface area (Å²) in [7, 11) is 4.90. The first-order chi connectivity index (χ1) is 9.45. The predicted molar refractivity (Wildman–Crippen MR) is 75.2 cm³/mol. The van der Waals surface area contributed by atoms with E-state index in [2.05, 4.69) is 7.11 Å². The van der Waals surface area contributed by atoms with E-state index in [0.717, 1.165) is 0 Å². The average molecular weight is 560 g/mol. The molecule has 0 heterocycles. The van der Waals surface area contributed by atoms with Crippen molar-refractivity contribution in [1.29, 1.82) is 0 Å². The minimum Gasteiger partial charge on any atom is -0.554 e. The van der Waals surface area contributed by atoms with Gasteiger partial charge >= 0.3 is 0 Å². The van der Waals surface area contributed by atoms with Crippen molar-refractivity contribution in [2.45, 2.75) is 13.8 Å². The van der Waals surface area contributed by atoms with Crippen molar-refractivity contribution in [2.24, 2.45) is 10.8 Å². The van der Waals surface area contributed by atoms with Gasteiger partial charge in [-0.15, -0.1) is 0 Å². The van der Waals surface area contributed by atoms with Crippen LogP contribution in [0.5, 0.6) is 0 Å². The quantitative estimate of drug-likeness (QED) is 0.252. The van der Waals surface area contributed by atoms with Crippen LogP contribution in [0.3, 0.4) is 0 Å². The maximum Gasteiger partial charge on any atom is 0.0700 e. The van der Waals surface area contributed by atoms with Gasteiger partial charge in [0.25, 0.3) is 0 Å². The van der Waals surface area contributed by atoms with Gasteiger partial charge < -0.3 is 29.2 Å². The molecule has 21 heavy (non-hydrogen) atoms. The van der Waals surface area contributed by atoms with Gasteiger partial charge in [0.05, 0.1) is 46.2 Å². The third kappa shape index (κ3) is 9.33. The molecular formula is C14H29O6Rf-. The van der Waals surface area contributed by atoms with Crippen molar-refractivity contribution in [3.63, 3.8) is 0 Å². The summed E-state index contributed by atoms with van der Waals surface area (Å²) < 4.78 is 20.8. The molecule has 0 bridgehead atoms. The minimum atomic E-state index is -0.447. The molecule has 0 spiro atoms. The van der Waals surface area contributed by atoms with Gasteiger partial charge in [0.1, 0.15) is 0 Å². The van der Waals surface area contributed by atoms with E-state index in [9.17, 15) is 10.2 Å². The maximum absolute atomic E-state index is 9.28. The number of hydrogen-bond donors (Lipinski definition) is 2. The molecule has 0 aliphatic heterocycles. The van der Waals surface area contributed by atoms with Crippen molar-refractivity contribution in [1.82, 2.24) is 0 Å². The van der Waals surface area contributed by atoms with Gasteiger partial charge in [0.2, 0.25) is 0 Å². The van der Waals surface area contributed by atoms with Crippen LogP contribution in [0.15, 0.2) is 0 Å². The zero-order chi connectivity index (χ0) is 15.5. The normalized spacial score (nSPS) is 16.9. The number of aliphatic hydroxyl groups excluding tert-OH is 2. The largest absolute Gasteiger partial charge is 0.554 e. The molecule has 0 radical (unpaired) electrons. The molecule has 6 nitrogen and oxygen atoms in total. The molecule has 0 aromatic carbocycles. The molecule has 2 N–H and O–H groups in total. The first-order valence-corrected chi connectivity index (χ1v) is 6.68. The molecule has 124 valence electrons. The fourth-order valence-electron chi connectivity index (χ4n) is 1.62. The van der Waals surface area contributed by atoms with Gasteiger partial charge in [-0.1, -0.05) is 13.8 Å². The SMILES string of the molecule is [CH2-]OCC(C)(CO)COCCOCC(C)(CO)COC.[Rf]. The fraction of sp³-hybridized carbons (Fsp3) is 0.929. The molecule has 0 fully saturated rings. The Kier molecular flexibility index (Phi) is 12.0. The second-order valence-electron chi connectivity index (χ2n) is 5.82. The van der Waals surface area contributed by atoms with E-state index in [4.69, 9.17) is 18.9 Å². The molecule has 2 atom stereocenters. The first-order valence-electron chi connectivity index (χ1n) is 6.68. The Morgan fingerprint density at radius 1 is 0.857 bits per heavy atom. The van der Waals surface area contributed by atoms with Crippen molar-refractivity contribution in [2.75, 3.05) is 60.0 Å². The van der Waals surface area contributed by atoms with E-state index in [1.165, 1.54) is 0 Å². The first kappa shape index (κ1) is 22.0. The van der Waals surface area contributed by atoms with Crippen molar-refractivity contribution in [3.8, 4) is 0 Å². The van der Waals surface area contributed by atoms with Gasteiger partial charge in [-0.3, -0.25) is 0 Å². The third-order valence-corrected chi connectivity index (χ3v) is 2.98. The molecule has 0 rings (SSSR count). The van der Waals surface area contributed by atoms with E-state index in [1.54, 1.807) is 7.11 Å². The van der Waals surface area contributed by atoms with Gasteiger partial charge in [0, 0.05) is 24.5 Å². The van der Waals surface area contributed by atoms with Crippen molar-refractivity contribution >= 4 is 0 Å². The topological polar surface area (TPSA) is 77.4 Å². The maximum atomic E-state index is 9.28. The molecule has 0 aliphatic carbocycles. The van der Waals surface area contributed by atoms with Crippen LogP contribution in [-0.2, 0) is 18.9 Å². The van der Waals surface area contributed by atoms with Gasteiger partial charge in [-0.05, 0) is 0 Å². The zero-order valence-electron chi connectivity index (χ0n) is 13.6. The second kappa shape index (κ2) is 11.4. The van der Waals surface area contributed by atoms with E-state index < -0.39 is 10.8 Å². The summed E-state index contributed by atoms with van der Waals surface area (Å²) in [5, 5.41) is 18.5. The number of rotatable bonds is 13. The number of methoxy groups -OCH3 is 1. The van der Waals surface area contributed by atoms with Crippen LogP contribution < -0.4 is 0 Å². The molecule has 0 aromatic rings. The van der Waals surface area contributed by atoms with Crippen LogP contribution >= 0.6 is 0 Å². The Bertz CT molecular complexity index is 220. The summed E-state index contributed by atoms with van der Waals surface area (Å²) in [6.07, 6.45) is 0. The predicted octanol–water partition coefficient (Wildman–Crippen LogP) is 0.471. The Morgan fingerprint density at radius 2 is 1.29 bits per heavy atom. The number of aliphatic hydroxyl groups is 2. The molecule has 0 saturated heterocycles. The zero-order valence-corrected chi connectivity index (χ0v) is 20.0. The molecule has 0 saturated carbocycles. The summed E-state index contributed by atoms with van der Waals surface area (Å²) in [4.78, 5) is 0. The molecule has 2 unspecified atom stereocenters. The third-order valence-electron chi connectivity index (χ3n) is 2.98. The van der Waals surface area contributed by atoms with Gasteiger partial charge in [-0.25, -0.2) is 7.11 Å². The monoisotopic (exact) mass is 560 g/mol. The molecule has 7 heteroatoms. The number of hydrogen-bond acceptors (Lipinski definition) is 6. The van der Waals surface area contributed by atoms with Crippen LogP contribution in [0.1, 0.15) is 13.8 Å². The number of ether oxygens (including phenoxy) is 4. The van der Waals surface area contributed by atoms with E-state index in [1.807, 2.05) is 13.8 Å². The summed E-state index contributed by atoms with van der Waals surface area (Å²) in [5.41, 5.74) is -0.840. The molecule has 0 aliphatic rings. The van der Waals surface area contributed by atoms with Crippen LogP contribution in [0.2, 0.25) is 0 Å². The summed E-state index contributed by atoms with van der Waals surface area (Å²) in [6.45, 7) is 6.12. The Hall–Kier alpha value is -1.24. The standard InChI is InChI=1S/C14H29O6.Rf/c1-13(7-15,9-17-3)11-19-5-6-20-12-14(2,8-16)10-18-4;/h15-16H,3,5-12H2,1-2,4H3;/q-1;. The smallest absolute Gasteiger partial charge is 0.0700 e.